The number of carbonyl (C=O) groups is 1. The van der Waals surface area contributed by atoms with Crippen LogP contribution in [0.5, 0.6) is 0 Å². The molecule has 2 aromatic carbocycles. The number of hydrogen-bond donors (Lipinski definition) is 0. The summed E-state index contributed by atoms with van der Waals surface area (Å²) in [5.74, 6) is -0.0234. The number of amides is 1. The molecule has 0 aliphatic carbocycles. The van der Waals surface area contributed by atoms with Crippen molar-refractivity contribution in [2.24, 2.45) is 4.99 Å². The SMILES string of the molecule is CN1C(=O)CC(c2ccc(Cl)cc2)=Nc2ccc(Cl)cc21. The molecule has 21 heavy (non-hydrogen) atoms. The van der Waals surface area contributed by atoms with Crippen molar-refractivity contribution >= 4 is 46.2 Å². The number of benzene rings is 2. The Bertz CT molecular complexity index is 738. The molecule has 0 N–H and O–H groups in total. The molecule has 0 saturated carbocycles. The maximum absolute atomic E-state index is 12.3. The minimum atomic E-state index is -0.0234. The van der Waals surface area contributed by atoms with Gasteiger partial charge in [0.2, 0.25) is 5.91 Å². The molecule has 0 aromatic heterocycles. The summed E-state index contributed by atoms with van der Waals surface area (Å²) in [4.78, 5) is 18.5. The lowest BCUT2D eigenvalue weighted by Gasteiger charge is -2.16. The molecule has 1 heterocycles. The predicted octanol–water partition coefficient (Wildman–Crippen LogP) is 4.48. The van der Waals surface area contributed by atoms with Crippen LogP contribution in [0.3, 0.4) is 0 Å². The summed E-state index contributed by atoms with van der Waals surface area (Å²) >= 11 is 11.9. The first kappa shape index (κ1) is 14.1. The second-order valence-electron chi connectivity index (χ2n) is 4.83. The summed E-state index contributed by atoms with van der Waals surface area (Å²) in [7, 11) is 1.73. The minimum absolute atomic E-state index is 0.0234. The monoisotopic (exact) mass is 318 g/mol. The molecule has 0 saturated heterocycles. The van der Waals surface area contributed by atoms with Gasteiger partial charge < -0.3 is 4.90 Å². The molecule has 0 fully saturated rings. The summed E-state index contributed by atoms with van der Waals surface area (Å²) < 4.78 is 0. The number of aliphatic imine (C=N–C) groups is 1. The first-order valence-corrected chi connectivity index (χ1v) is 7.20. The highest BCUT2D eigenvalue weighted by Gasteiger charge is 2.22. The lowest BCUT2D eigenvalue weighted by atomic mass is 10.1. The molecule has 1 amide bonds. The zero-order valence-corrected chi connectivity index (χ0v) is 12.8. The van der Waals surface area contributed by atoms with E-state index in [1.54, 1.807) is 36.2 Å². The van der Waals surface area contributed by atoms with Gasteiger partial charge in [-0.2, -0.15) is 0 Å². The summed E-state index contributed by atoms with van der Waals surface area (Å²) in [6, 6.07) is 12.7. The fourth-order valence-corrected chi connectivity index (χ4v) is 2.54. The number of carbonyl (C=O) groups excluding carboxylic acids is 1. The molecular weight excluding hydrogens is 307 g/mol. The number of halogens is 2. The third kappa shape index (κ3) is 2.80. The van der Waals surface area contributed by atoms with Crippen molar-refractivity contribution in [3.8, 4) is 0 Å². The van der Waals surface area contributed by atoms with Crippen molar-refractivity contribution in [3.63, 3.8) is 0 Å². The Hall–Kier alpha value is -1.84. The molecule has 1 aliphatic rings. The van der Waals surface area contributed by atoms with Crippen LogP contribution < -0.4 is 4.90 Å². The van der Waals surface area contributed by atoms with E-state index in [1.807, 2.05) is 18.2 Å². The van der Waals surface area contributed by atoms with Gasteiger partial charge in [-0.1, -0.05) is 35.3 Å². The smallest absolute Gasteiger partial charge is 0.232 e. The molecule has 5 heteroatoms. The third-order valence-electron chi connectivity index (χ3n) is 3.42. The Morgan fingerprint density at radius 1 is 1.05 bits per heavy atom. The molecule has 2 aromatic rings. The van der Waals surface area contributed by atoms with Crippen LogP contribution in [0, 0.1) is 0 Å². The molecule has 0 radical (unpaired) electrons. The number of hydrogen-bond acceptors (Lipinski definition) is 2. The highest BCUT2D eigenvalue weighted by Crippen LogP contribution is 2.34. The molecule has 106 valence electrons. The van der Waals surface area contributed by atoms with Gasteiger partial charge >= 0.3 is 0 Å². The average Bonchev–Trinajstić information content (AvgIpc) is 2.59. The van der Waals surface area contributed by atoms with Crippen molar-refractivity contribution in [2.45, 2.75) is 6.42 Å². The highest BCUT2D eigenvalue weighted by atomic mass is 35.5. The lowest BCUT2D eigenvalue weighted by molar-refractivity contribution is -0.117. The molecule has 0 spiro atoms. The molecular formula is C16H12Cl2N2O. The van der Waals surface area contributed by atoms with Gasteiger partial charge in [-0.15, -0.1) is 0 Å². The van der Waals surface area contributed by atoms with Gasteiger partial charge in [0, 0.05) is 17.1 Å². The fourth-order valence-electron chi connectivity index (χ4n) is 2.25. The molecule has 3 nitrogen and oxygen atoms in total. The first-order chi connectivity index (χ1) is 10.0. The Kier molecular flexibility index (Phi) is 3.70. The second kappa shape index (κ2) is 5.51. The fraction of sp³-hybridized carbons (Fsp3) is 0.125. The quantitative estimate of drug-likeness (QED) is 0.763. The van der Waals surface area contributed by atoms with Crippen molar-refractivity contribution < 1.29 is 4.79 Å². The summed E-state index contributed by atoms with van der Waals surface area (Å²) in [5.41, 5.74) is 3.07. The van der Waals surface area contributed by atoms with Crippen molar-refractivity contribution in [1.29, 1.82) is 0 Å². The Morgan fingerprint density at radius 3 is 2.43 bits per heavy atom. The van der Waals surface area contributed by atoms with E-state index in [0.29, 0.717) is 10.0 Å². The number of fused-ring (bicyclic) bond motifs is 1. The van der Waals surface area contributed by atoms with Gasteiger partial charge in [0.25, 0.3) is 0 Å². The first-order valence-electron chi connectivity index (χ1n) is 6.44. The predicted molar refractivity (Wildman–Crippen MR) is 87.1 cm³/mol. The normalized spacial score (nSPS) is 14.5. The van der Waals surface area contributed by atoms with Crippen LogP contribution >= 0.6 is 23.2 Å². The summed E-state index contributed by atoms with van der Waals surface area (Å²) in [6.07, 6.45) is 0.241. The molecule has 3 rings (SSSR count). The van der Waals surface area contributed by atoms with Crippen molar-refractivity contribution in [2.75, 3.05) is 11.9 Å². The maximum atomic E-state index is 12.3. The molecule has 0 atom stereocenters. The summed E-state index contributed by atoms with van der Waals surface area (Å²) in [5, 5.41) is 1.24. The Balaban J connectivity index is 2.12. The van der Waals surface area contributed by atoms with E-state index in [0.717, 1.165) is 22.6 Å². The zero-order valence-electron chi connectivity index (χ0n) is 11.3. The lowest BCUT2D eigenvalue weighted by Crippen LogP contribution is -2.27. The van der Waals surface area contributed by atoms with Gasteiger partial charge in [0.1, 0.15) is 0 Å². The molecule has 0 unspecified atom stereocenters. The summed E-state index contributed by atoms with van der Waals surface area (Å²) in [6.45, 7) is 0. The van der Waals surface area contributed by atoms with Crippen LogP contribution in [-0.4, -0.2) is 18.7 Å². The van der Waals surface area contributed by atoms with E-state index in [2.05, 4.69) is 4.99 Å². The average molecular weight is 319 g/mol. The second-order valence-corrected chi connectivity index (χ2v) is 5.70. The minimum Gasteiger partial charge on any atom is -0.313 e. The van der Waals surface area contributed by atoms with E-state index in [9.17, 15) is 4.79 Å². The van der Waals surface area contributed by atoms with Crippen LogP contribution in [0.15, 0.2) is 47.5 Å². The zero-order chi connectivity index (χ0) is 15.0. The van der Waals surface area contributed by atoms with Crippen LogP contribution in [0.4, 0.5) is 11.4 Å². The number of rotatable bonds is 1. The van der Waals surface area contributed by atoms with Gasteiger partial charge in [0.15, 0.2) is 0 Å². The van der Waals surface area contributed by atoms with Crippen molar-refractivity contribution in [3.05, 3.63) is 58.1 Å². The van der Waals surface area contributed by atoms with Crippen LogP contribution in [0.1, 0.15) is 12.0 Å². The molecule has 1 aliphatic heterocycles. The van der Waals surface area contributed by atoms with Crippen LogP contribution in [0.2, 0.25) is 10.0 Å². The Labute approximate surface area is 132 Å². The van der Waals surface area contributed by atoms with Gasteiger partial charge in [0.05, 0.1) is 23.5 Å². The largest absolute Gasteiger partial charge is 0.313 e. The van der Waals surface area contributed by atoms with Crippen LogP contribution in [0.25, 0.3) is 0 Å². The number of anilines is 1. The van der Waals surface area contributed by atoms with E-state index in [1.165, 1.54) is 0 Å². The van der Waals surface area contributed by atoms with E-state index < -0.39 is 0 Å². The van der Waals surface area contributed by atoms with Gasteiger partial charge in [-0.25, -0.2) is 0 Å². The van der Waals surface area contributed by atoms with E-state index in [-0.39, 0.29) is 12.3 Å². The van der Waals surface area contributed by atoms with Gasteiger partial charge in [-0.3, -0.25) is 9.79 Å². The molecule has 0 bridgehead atoms. The topological polar surface area (TPSA) is 32.7 Å². The van der Waals surface area contributed by atoms with E-state index in [4.69, 9.17) is 23.2 Å². The van der Waals surface area contributed by atoms with Gasteiger partial charge in [-0.05, 0) is 35.9 Å². The van der Waals surface area contributed by atoms with Crippen LogP contribution in [-0.2, 0) is 4.79 Å². The maximum Gasteiger partial charge on any atom is 0.232 e. The number of nitrogens with zero attached hydrogens (tertiary/aromatic N) is 2. The Morgan fingerprint density at radius 2 is 1.71 bits per heavy atom. The van der Waals surface area contributed by atoms with Crippen molar-refractivity contribution in [1.82, 2.24) is 0 Å². The van der Waals surface area contributed by atoms with E-state index >= 15 is 0 Å². The third-order valence-corrected chi connectivity index (χ3v) is 3.91. The highest BCUT2D eigenvalue weighted by molar-refractivity contribution is 6.31. The standard InChI is InChI=1S/C16H12Cl2N2O/c1-20-15-8-12(18)6-7-13(15)19-14(9-16(20)21)10-2-4-11(17)5-3-10/h2-8H,9H2,1H3.